The zero-order valence-electron chi connectivity index (χ0n) is 9.89. The number of hydrogen-bond acceptors (Lipinski definition) is 2. The molecule has 0 saturated carbocycles. The zero-order chi connectivity index (χ0) is 12.4. The average Bonchev–Trinajstić information content (AvgIpc) is 2.79. The molecule has 0 saturated heterocycles. The number of halogens is 1. The molecular formula is C13H15FN2O. The summed E-state index contributed by atoms with van der Waals surface area (Å²) in [5.74, 6) is -0.396. The summed E-state index contributed by atoms with van der Waals surface area (Å²) < 4.78 is 15.5. The Morgan fingerprint density at radius 3 is 2.94 bits per heavy atom. The van der Waals surface area contributed by atoms with E-state index >= 15 is 0 Å². The fraction of sp³-hybridized carbons (Fsp3) is 0.308. The summed E-state index contributed by atoms with van der Waals surface area (Å²) in [7, 11) is 0. The third kappa shape index (κ3) is 2.22. The lowest BCUT2D eigenvalue weighted by Crippen LogP contribution is -2.09. The zero-order valence-corrected chi connectivity index (χ0v) is 9.89. The van der Waals surface area contributed by atoms with Crippen LogP contribution < -0.4 is 0 Å². The van der Waals surface area contributed by atoms with Crippen LogP contribution >= 0.6 is 0 Å². The first kappa shape index (κ1) is 11.8. The Labute approximate surface area is 99.5 Å². The van der Waals surface area contributed by atoms with Crippen LogP contribution in [0.15, 0.2) is 30.7 Å². The predicted molar refractivity (Wildman–Crippen MR) is 63.1 cm³/mol. The summed E-state index contributed by atoms with van der Waals surface area (Å²) in [6, 6.07) is 4.72. The van der Waals surface area contributed by atoms with E-state index in [0.29, 0.717) is 17.8 Å². The first-order valence-corrected chi connectivity index (χ1v) is 5.57. The lowest BCUT2D eigenvalue weighted by Gasteiger charge is -2.14. The number of aromatic nitrogens is 2. The number of aliphatic hydroxyl groups excluding tert-OH is 1. The number of benzene rings is 1. The molecule has 17 heavy (non-hydrogen) atoms. The first-order valence-electron chi connectivity index (χ1n) is 5.57. The van der Waals surface area contributed by atoms with Gasteiger partial charge >= 0.3 is 0 Å². The molecule has 4 heteroatoms. The number of hydrogen-bond donors (Lipinski definition) is 1. The minimum Gasteiger partial charge on any atom is -0.382 e. The molecule has 0 aliphatic carbocycles. The predicted octanol–water partition coefficient (Wildman–Crippen LogP) is 2.43. The largest absolute Gasteiger partial charge is 0.382 e. The van der Waals surface area contributed by atoms with E-state index in [9.17, 15) is 9.50 Å². The van der Waals surface area contributed by atoms with Crippen molar-refractivity contribution in [1.82, 2.24) is 9.55 Å². The van der Waals surface area contributed by atoms with E-state index in [1.807, 2.05) is 13.8 Å². The Morgan fingerprint density at radius 1 is 1.47 bits per heavy atom. The van der Waals surface area contributed by atoms with Crippen LogP contribution in [0.2, 0.25) is 0 Å². The second-order valence-corrected chi connectivity index (χ2v) is 4.03. The molecule has 0 fully saturated rings. The maximum absolute atomic E-state index is 13.7. The number of rotatable bonds is 3. The van der Waals surface area contributed by atoms with E-state index in [4.69, 9.17) is 0 Å². The Bertz CT molecular complexity index is 522. The summed E-state index contributed by atoms with van der Waals surface area (Å²) in [4.78, 5) is 3.97. The Balaban J connectivity index is 2.43. The molecule has 2 aromatic rings. The lowest BCUT2D eigenvalue weighted by atomic mass is 10.0. The molecule has 0 radical (unpaired) electrons. The molecule has 3 nitrogen and oxygen atoms in total. The van der Waals surface area contributed by atoms with Crippen molar-refractivity contribution in [1.29, 1.82) is 0 Å². The second-order valence-electron chi connectivity index (χ2n) is 4.03. The molecule has 1 atom stereocenters. The Kier molecular flexibility index (Phi) is 3.24. The van der Waals surface area contributed by atoms with Gasteiger partial charge in [-0.15, -0.1) is 0 Å². The van der Waals surface area contributed by atoms with Crippen molar-refractivity contribution >= 4 is 0 Å². The molecule has 1 heterocycles. The van der Waals surface area contributed by atoms with Gasteiger partial charge in [-0.2, -0.15) is 0 Å². The quantitative estimate of drug-likeness (QED) is 0.885. The van der Waals surface area contributed by atoms with Crippen LogP contribution in [0.5, 0.6) is 0 Å². The summed E-state index contributed by atoms with van der Waals surface area (Å²) in [6.45, 7) is 4.51. The monoisotopic (exact) mass is 234 g/mol. The highest BCUT2D eigenvalue weighted by Crippen LogP contribution is 2.24. The van der Waals surface area contributed by atoms with Crippen LogP contribution in [-0.4, -0.2) is 14.7 Å². The van der Waals surface area contributed by atoms with Crippen LogP contribution in [0.3, 0.4) is 0 Å². The standard InChI is InChI=1S/C13H15FN2O/c1-3-16-8-15-7-12(16)13(17)10-6-9(2)4-5-11(10)14/h4-8,13,17H,3H2,1-2H3. The van der Waals surface area contributed by atoms with Crippen LogP contribution in [0.25, 0.3) is 0 Å². The van der Waals surface area contributed by atoms with E-state index in [2.05, 4.69) is 4.98 Å². The van der Waals surface area contributed by atoms with Gasteiger partial charge in [0.25, 0.3) is 0 Å². The SMILES string of the molecule is CCn1cncc1C(O)c1cc(C)ccc1F. The van der Waals surface area contributed by atoms with Crippen molar-refractivity contribution < 1.29 is 9.50 Å². The topological polar surface area (TPSA) is 38.0 Å². The van der Waals surface area contributed by atoms with Gasteiger partial charge in [0.15, 0.2) is 0 Å². The fourth-order valence-corrected chi connectivity index (χ4v) is 1.85. The van der Waals surface area contributed by atoms with Crippen LogP contribution in [-0.2, 0) is 6.54 Å². The van der Waals surface area contributed by atoms with Crippen molar-refractivity contribution in [2.75, 3.05) is 0 Å². The van der Waals surface area contributed by atoms with Crippen LogP contribution in [0.4, 0.5) is 4.39 Å². The van der Waals surface area contributed by atoms with E-state index in [1.54, 1.807) is 29.2 Å². The van der Waals surface area contributed by atoms with Gasteiger partial charge in [0.1, 0.15) is 11.9 Å². The van der Waals surface area contributed by atoms with Crippen molar-refractivity contribution in [3.05, 3.63) is 53.4 Å². The van der Waals surface area contributed by atoms with Gasteiger partial charge in [0, 0.05) is 12.1 Å². The molecule has 1 N–H and O–H groups in total. The molecular weight excluding hydrogens is 219 g/mol. The molecule has 1 aromatic heterocycles. The summed E-state index contributed by atoms with van der Waals surface area (Å²) >= 11 is 0. The molecule has 0 spiro atoms. The van der Waals surface area contributed by atoms with Gasteiger partial charge in [-0.1, -0.05) is 17.7 Å². The molecule has 2 rings (SSSR count). The Hall–Kier alpha value is -1.68. The van der Waals surface area contributed by atoms with Crippen molar-refractivity contribution in [3.8, 4) is 0 Å². The number of nitrogens with zero attached hydrogens (tertiary/aromatic N) is 2. The highest BCUT2D eigenvalue weighted by molar-refractivity contribution is 5.30. The highest BCUT2D eigenvalue weighted by atomic mass is 19.1. The minimum atomic E-state index is -0.975. The van der Waals surface area contributed by atoms with E-state index in [1.165, 1.54) is 6.07 Å². The maximum atomic E-state index is 13.7. The molecule has 0 amide bonds. The van der Waals surface area contributed by atoms with Gasteiger partial charge in [-0.25, -0.2) is 9.37 Å². The van der Waals surface area contributed by atoms with Crippen molar-refractivity contribution in [3.63, 3.8) is 0 Å². The smallest absolute Gasteiger partial charge is 0.129 e. The maximum Gasteiger partial charge on any atom is 0.129 e. The first-order chi connectivity index (χ1) is 8.13. The number of aliphatic hydroxyl groups is 1. The Morgan fingerprint density at radius 2 is 2.24 bits per heavy atom. The van der Waals surface area contributed by atoms with Crippen molar-refractivity contribution in [2.45, 2.75) is 26.5 Å². The summed E-state index contributed by atoms with van der Waals surface area (Å²) in [5, 5.41) is 10.2. The molecule has 0 aliphatic rings. The third-order valence-corrected chi connectivity index (χ3v) is 2.81. The highest BCUT2D eigenvalue weighted by Gasteiger charge is 2.18. The molecule has 90 valence electrons. The summed E-state index contributed by atoms with van der Waals surface area (Å²) in [5.41, 5.74) is 1.82. The molecule has 1 aromatic carbocycles. The summed E-state index contributed by atoms with van der Waals surface area (Å²) in [6.07, 6.45) is 2.22. The van der Waals surface area contributed by atoms with Gasteiger partial charge in [0.05, 0.1) is 18.2 Å². The molecule has 1 unspecified atom stereocenters. The number of imidazole rings is 1. The second kappa shape index (κ2) is 4.67. The molecule has 0 bridgehead atoms. The van der Waals surface area contributed by atoms with Crippen molar-refractivity contribution in [2.24, 2.45) is 0 Å². The van der Waals surface area contributed by atoms with Gasteiger partial charge in [-0.3, -0.25) is 0 Å². The normalized spacial score (nSPS) is 12.7. The molecule has 0 aliphatic heterocycles. The van der Waals surface area contributed by atoms with Gasteiger partial charge in [-0.05, 0) is 19.9 Å². The van der Waals surface area contributed by atoms with Gasteiger partial charge in [0.2, 0.25) is 0 Å². The van der Waals surface area contributed by atoms with Crippen LogP contribution in [0.1, 0.15) is 29.8 Å². The average molecular weight is 234 g/mol. The van der Waals surface area contributed by atoms with E-state index < -0.39 is 11.9 Å². The minimum absolute atomic E-state index is 0.292. The third-order valence-electron chi connectivity index (χ3n) is 2.81. The van der Waals surface area contributed by atoms with Crippen LogP contribution in [0, 0.1) is 12.7 Å². The van der Waals surface area contributed by atoms with E-state index in [-0.39, 0.29) is 0 Å². The number of aryl methyl sites for hydroxylation is 2. The van der Waals surface area contributed by atoms with E-state index in [0.717, 1.165) is 5.56 Å². The lowest BCUT2D eigenvalue weighted by molar-refractivity contribution is 0.205. The fourth-order valence-electron chi connectivity index (χ4n) is 1.85. The van der Waals surface area contributed by atoms with Gasteiger partial charge < -0.3 is 9.67 Å².